The average molecular weight is 781 g/mol. The minimum Gasteiger partial charge on any atom is -0.507 e. The number of piperidine rings is 3. The van der Waals surface area contributed by atoms with E-state index in [1.165, 1.54) is 11.0 Å². The molecule has 2 N–H and O–H groups in total. The third-order valence-corrected chi connectivity index (χ3v) is 12.3. The number of Topliss-reactive ketones (excluding diaryl/α,β-unsaturated/α-hetero) is 2. The second kappa shape index (κ2) is 15.2. The van der Waals surface area contributed by atoms with Crippen LogP contribution in [0.4, 0.5) is 15.3 Å². The summed E-state index contributed by atoms with van der Waals surface area (Å²) in [4.78, 5) is 78.0. The zero-order valence-corrected chi connectivity index (χ0v) is 31.0. The predicted molar refractivity (Wildman–Crippen MR) is 193 cm³/mol. The Morgan fingerprint density at radius 1 is 0.942 bits per heavy atom. The number of phenolic OH excluding ortho intramolecular Hbond substituents is 1. The van der Waals surface area contributed by atoms with Crippen LogP contribution < -0.4 is 5.32 Å². The third-order valence-electron chi connectivity index (χ3n) is 11.6. The topological polar surface area (TPSA) is 149 Å². The summed E-state index contributed by atoms with van der Waals surface area (Å²) in [6.45, 7) is 5.58. The van der Waals surface area contributed by atoms with Crippen LogP contribution in [0.15, 0.2) is 46.9 Å². The van der Waals surface area contributed by atoms with E-state index in [-0.39, 0.29) is 43.1 Å². The smallest absolute Gasteiger partial charge is 0.410 e. The summed E-state index contributed by atoms with van der Waals surface area (Å²) in [6, 6.07) is 12.3. The van der Waals surface area contributed by atoms with Crippen LogP contribution in [0.1, 0.15) is 56.6 Å². The number of hydrogen-bond acceptors (Lipinski definition) is 9. The maximum atomic E-state index is 14.4. The molecule has 3 saturated heterocycles. The van der Waals surface area contributed by atoms with Crippen molar-refractivity contribution < 1.29 is 38.7 Å². The van der Waals surface area contributed by atoms with Crippen LogP contribution >= 0.6 is 15.9 Å². The van der Waals surface area contributed by atoms with Crippen LogP contribution in [-0.2, 0) is 36.8 Å². The highest BCUT2D eigenvalue weighted by molar-refractivity contribution is 9.10. The Balaban J connectivity index is 1.03. The van der Waals surface area contributed by atoms with Gasteiger partial charge < -0.3 is 29.9 Å². The number of fused-ring (bicyclic) bond motifs is 1. The van der Waals surface area contributed by atoms with Gasteiger partial charge in [0.25, 0.3) is 5.91 Å². The van der Waals surface area contributed by atoms with Gasteiger partial charge in [-0.3, -0.25) is 19.2 Å². The van der Waals surface area contributed by atoms with Crippen LogP contribution in [0.2, 0.25) is 0 Å². The fourth-order valence-corrected chi connectivity index (χ4v) is 9.09. The number of anilines is 1. The summed E-state index contributed by atoms with van der Waals surface area (Å²) >= 11 is 3.33. The number of ketones is 2. The molecule has 0 bridgehead atoms. The third kappa shape index (κ3) is 7.16. The minimum atomic E-state index is -1.51. The standard InChI is InChI=1S/C38H46BrN5O8/c1-2-51-42-17-9-25(10-18-42)27-12-20-44(38(23-27)33(46)34(38)47)35(48)32(22-24-7-8-31(45)29(39)21-24)52-37(50)41-15-13-28(14-16-41)43-19-11-26-5-3-4-6-30(26)40-36(43)49/h3-8,21,25,27-28,32,45H,2,9-20,22-23H2,1H3,(H,40,49)/t27-,32?/m1/s1. The molecule has 13 nitrogen and oxygen atoms in total. The molecule has 14 heteroatoms. The Bertz CT molecular complexity index is 1710. The minimum absolute atomic E-state index is 0.0112. The van der Waals surface area contributed by atoms with Crippen LogP contribution in [-0.4, -0.2) is 118 Å². The number of para-hydroxylation sites is 1. The summed E-state index contributed by atoms with van der Waals surface area (Å²) in [7, 11) is 0. The second-order valence-corrected chi connectivity index (χ2v) is 15.4. The number of amides is 4. The Morgan fingerprint density at radius 2 is 1.65 bits per heavy atom. The molecular weight excluding hydrogens is 734 g/mol. The molecule has 7 rings (SSSR count). The fourth-order valence-electron chi connectivity index (χ4n) is 8.67. The number of phenols is 1. The van der Waals surface area contributed by atoms with Gasteiger partial charge in [-0.05, 0) is 109 Å². The van der Waals surface area contributed by atoms with Crippen LogP contribution in [0.3, 0.4) is 0 Å². The SMILES string of the molecule is CCON1CCC([C@@H]2CCN(C(=O)C(Cc3ccc(O)c(Br)c3)OC(=O)N3CCC(N4CCc5ccccc5NC4=O)CC3)C3(C2)C(=O)C3=O)CC1. The summed E-state index contributed by atoms with van der Waals surface area (Å²) < 4.78 is 6.42. The molecule has 1 spiro atoms. The molecule has 5 aliphatic rings. The maximum absolute atomic E-state index is 14.4. The number of aromatic hydroxyl groups is 1. The van der Waals surface area contributed by atoms with E-state index in [4.69, 9.17) is 9.57 Å². The number of nitrogens with zero attached hydrogens (tertiary/aromatic N) is 4. The van der Waals surface area contributed by atoms with Gasteiger partial charge in [-0.1, -0.05) is 24.3 Å². The predicted octanol–water partition coefficient (Wildman–Crippen LogP) is 4.55. The molecule has 278 valence electrons. The number of likely N-dealkylation sites (tertiary alicyclic amines) is 2. The fraction of sp³-hybridized carbons (Fsp3) is 0.553. The van der Waals surface area contributed by atoms with E-state index in [0.717, 1.165) is 43.6 Å². The van der Waals surface area contributed by atoms with Gasteiger partial charge in [0.2, 0.25) is 11.6 Å². The van der Waals surface area contributed by atoms with Gasteiger partial charge in [0.1, 0.15) is 5.75 Å². The number of hydrogen-bond donors (Lipinski definition) is 2. The molecule has 2 atom stereocenters. The number of ether oxygens (including phenoxy) is 1. The van der Waals surface area contributed by atoms with Gasteiger partial charge in [-0.15, -0.1) is 0 Å². The van der Waals surface area contributed by atoms with E-state index in [1.807, 2.05) is 41.2 Å². The van der Waals surface area contributed by atoms with E-state index in [2.05, 4.69) is 21.2 Å². The maximum Gasteiger partial charge on any atom is 0.410 e. The number of urea groups is 1. The second-order valence-electron chi connectivity index (χ2n) is 14.6. The number of benzene rings is 2. The Hall–Kier alpha value is -4.01. The van der Waals surface area contributed by atoms with Crippen molar-refractivity contribution >= 4 is 51.2 Å². The lowest BCUT2D eigenvalue weighted by atomic mass is 9.75. The molecule has 1 saturated carbocycles. The monoisotopic (exact) mass is 779 g/mol. The normalized spacial score (nSPS) is 23.2. The molecule has 1 aliphatic carbocycles. The lowest BCUT2D eigenvalue weighted by Gasteiger charge is -2.43. The largest absolute Gasteiger partial charge is 0.507 e. The van der Waals surface area contributed by atoms with E-state index in [9.17, 15) is 29.1 Å². The zero-order chi connectivity index (χ0) is 36.6. The van der Waals surface area contributed by atoms with E-state index >= 15 is 0 Å². The summed E-state index contributed by atoms with van der Waals surface area (Å²) in [5.74, 6) is -1.24. The summed E-state index contributed by atoms with van der Waals surface area (Å²) in [5.41, 5.74) is 1.01. The molecule has 2 aromatic carbocycles. The van der Waals surface area contributed by atoms with Crippen LogP contribution in [0, 0.1) is 11.8 Å². The van der Waals surface area contributed by atoms with Crippen molar-refractivity contribution in [3.05, 3.63) is 58.1 Å². The molecule has 4 heterocycles. The molecule has 1 unspecified atom stereocenters. The van der Waals surface area contributed by atoms with Crippen molar-refractivity contribution in [3.8, 4) is 5.75 Å². The van der Waals surface area contributed by atoms with E-state index in [0.29, 0.717) is 61.5 Å². The Kier molecular flexibility index (Phi) is 10.6. The van der Waals surface area contributed by atoms with Gasteiger partial charge in [0.05, 0.1) is 11.1 Å². The average Bonchev–Trinajstić information content (AvgIpc) is 3.72. The van der Waals surface area contributed by atoms with Crippen LogP contribution in [0.25, 0.3) is 0 Å². The highest BCUT2D eigenvalue weighted by Gasteiger charge is 2.72. The molecule has 4 fully saturated rings. The first-order valence-electron chi connectivity index (χ1n) is 18.5. The molecule has 2 aromatic rings. The number of nitrogens with one attached hydrogen (secondary N) is 1. The molecular formula is C38H46BrN5O8. The lowest BCUT2D eigenvalue weighted by Crippen LogP contribution is -2.56. The number of carbonyl (C=O) groups is 5. The van der Waals surface area contributed by atoms with Crippen molar-refractivity contribution in [2.24, 2.45) is 11.8 Å². The molecule has 0 aromatic heterocycles. The molecule has 52 heavy (non-hydrogen) atoms. The van der Waals surface area contributed by atoms with Gasteiger partial charge >= 0.3 is 12.1 Å². The molecule has 4 amide bonds. The summed E-state index contributed by atoms with van der Waals surface area (Å²) in [6.07, 6.45) is 2.54. The highest BCUT2D eigenvalue weighted by atomic mass is 79.9. The van der Waals surface area contributed by atoms with Crippen molar-refractivity contribution in [3.63, 3.8) is 0 Å². The van der Waals surface area contributed by atoms with Gasteiger partial charge in [-0.2, -0.15) is 5.06 Å². The van der Waals surface area contributed by atoms with Crippen molar-refractivity contribution in [1.29, 1.82) is 0 Å². The van der Waals surface area contributed by atoms with E-state index < -0.39 is 35.2 Å². The van der Waals surface area contributed by atoms with Crippen molar-refractivity contribution in [2.75, 3.05) is 51.2 Å². The van der Waals surface area contributed by atoms with Crippen LogP contribution in [0.5, 0.6) is 5.75 Å². The number of carbonyl (C=O) groups excluding carboxylic acids is 5. The highest BCUT2D eigenvalue weighted by Crippen LogP contribution is 2.48. The first kappa shape index (κ1) is 36.4. The van der Waals surface area contributed by atoms with Gasteiger partial charge in [0, 0.05) is 57.4 Å². The van der Waals surface area contributed by atoms with Gasteiger partial charge in [-0.25, -0.2) is 9.59 Å². The Morgan fingerprint density at radius 3 is 2.35 bits per heavy atom. The van der Waals surface area contributed by atoms with Crippen molar-refractivity contribution in [1.82, 2.24) is 19.8 Å². The Labute approximate surface area is 311 Å². The summed E-state index contributed by atoms with van der Waals surface area (Å²) in [5, 5.41) is 15.1. The van der Waals surface area contributed by atoms with E-state index in [1.54, 1.807) is 17.0 Å². The first-order valence-corrected chi connectivity index (χ1v) is 19.3. The zero-order valence-electron chi connectivity index (χ0n) is 29.4. The van der Waals surface area contributed by atoms with Gasteiger partial charge in [0.15, 0.2) is 11.6 Å². The lowest BCUT2D eigenvalue weighted by molar-refractivity contribution is -0.174. The number of halogens is 1. The first-order chi connectivity index (χ1) is 25.1. The van der Waals surface area contributed by atoms with Crippen molar-refractivity contribution in [2.45, 2.75) is 76.0 Å². The number of hydroxylamine groups is 2. The molecule has 0 radical (unpaired) electrons. The number of rotatable bonds is 8. The quantitative estimate of drug-likeness (QED) is 0.291. The molecule has 4 aliphatic heterocycles.